The number of nitrogens with one attached hydrogen (secondary N) is 1. The summed E-state index contributed by atoms with van der Waals surface area (Å²) in [4.78, 5) is 49.5. The average Bonchev–Trinajstić information content (AvgIpc) is 3.17. The first-order valence-electron chi connectivity index (χ1n) is 9.47. The molecular formula is C23H16N4O4. The number of ether oxygens (including phenoxy) is 1. The van der Waals surface area contributed by atoms with Crippen LogP contribution in [-0.2, 0) is 4.74 Å². The molecule has 31 heavy (non-hydrogen) atoms. The van der Waals surface area contributed by atoms with Crippen LogP contribution < -0.4 is 5.73 Å². The Morgan fingerprint density at radius 2 is 1.84 bits per heavy atom. The lowest BCUT2D eigenvalue weighted by Crippen LogP contribution is -2.23. The van der Waals surface area contributed by atoms with Gasteiger partial charge in [0.2, 0.25) is 5.78 Å². The molecule has 1 aliphatic rings. The van der Waals surface area contributed by atoms with E-state index in [0.29, 0.717) is 22.5 Å². The Balaban J connectivity index is 1.86. The van der Waals surface area contributed by atoms with Crippen molar-refractivity contribution in [3.63, 3.8) is 0 Å². The zero-order chi connectivity index (χ0) is 21.9. The fraction of sp³-hybridized carbons (Fsp3) is 0.0870. The number of nitrogens with two attached hydrogens (primary N) is 1. The van der Waals surface area contributed by atoms with Crippen molar-refractivity contribution in [1.82, 2.24) is 15.0 Å². The van der Waals surface area contributed by atoms with Crippen LogP contribution in [-0.4, -0.2) is 39.6 Å². The van der Waals surface area contributed by atoms with E-state index >= 15 is 0 Å². The number of rotatable bonds is 2. The van der Waals surface area contributed by atoms with Gasteiger partial charge in [0, 0.05) is 22.4 Å². The van der Waals surface area contributed by atoms with Gasteiger partial charge in [0.25, 0.3) is 0 Å². The average molecular weight is 412 g/mol. The van der Waals surface area contributed by atoms with Gasteiger partial charge in [-0.1, -0.05) is 18.2 Å². The van der Waals surface area contributed by atoms with Crippen molar-refractivity contribution < 1.29 is 19.1 Å². The Hall–Kier alpha value is -4.33. The van der Waals surface area contributed by atoms with Crippen LogP contribution in [0.25, 0.3) is 33.2 Å². The van der Waals surface area contributed by atoms with Crippen LogP contribution in [0.2, 0.25) is 0 Å². The maximum atomic E-state index is 12.5. The van der Waals surface area contributed by atoms with Crippen molar-refractivity contribution in [3.05, 3.63) is 70.7 Å². The lowest BCUT2D eigenvalue weighted by Gasteiger charge is -2.14. The highest BCUT2D eigenvalue weighted by Gasteiger charge is 2.28. The summed E-state index contributed by atoms with van der Waals surface area (Å²) >= 11 is 0. The van der Waals surface area contributed by atoms with Crippen molar-refractivity contribution in [2.45, 2.75) is 6.92 Å². The third kappa shape index (κ3) is 2.65. The number of aromatic amines is 1. The molecule has 0 aliphatic heterocycles. The molecule has 3 N–H and O–H groups in total. The van der Waals surface area contributed by atoms with Crippen molar-refractivity contribution in [2.75, 3.05) is 7.11 Å². The molecular weight excluding hydrogens is 396 g/mol. The third-order valence-corrected chi connectivity index (χ3v) is 5.44. The minimum absolute atomic E-state index is 0.0336. The molecule has 8 nitrogen and oxygen atoms in total. The summed E-state index contributed by atoms with van der Waals surface area (Å²) in [5, 5.41) is 1.72. The number of nitrogens with zero attached hydrogens (tertiary/aromatic N) is 2. The monoisotopic (exact) mass is 412 g/mol. The lowest BCUT2D eigenvalue weighted by molar-refractivity contribution is 0.0593. The molecule has 152 valence electrons. The number of aryl methyl sites for hydroxylation is 1. The van der Waals surface area contributed by atoms with E-state index in [0.717, 1.165) is 22.4 Å². The molecule has 0 radical (unpaired) electrons. The topological polar surface area (TPSA) is 128 Å². The molecule has 3 heterocycles. The predicted molar refractivity (Wildman–Crippen MR) is 114 cm³/mol. The van der Waals surface area contributed by atoms with Crippen molar-refractivity contribution in [2.24, 2.45) is 5.73 Å². The minimum atomic E-state index is -0.581. The van der Waals surface area contributed by atoms with E-state index in [1.165, 1.54) is 13.2 Å². The number of hydrogen-bond acceptors (Lipinski definition) is 7. The largest absolute Gasteiger partial charge is 0.464 e. The molecule has 0 fully saturated rings. The number of aromatic nitrogens is 3. The van der Waals surface area contributed by atoms with E-state index < -0.39 is 11.8 Å². The Bertz CT molecular complexity index is 1500. The first-order valence-corrected chi connectivity index (χ1v) is 9.47. The summed E-state index contributed by atoms with van der Waals surface area (Å²) in [6.45, 7) is 1.81. The third-order valence-electron chi connectivity index (χ3n) is 5.44. The molecule has 1 aliphatic carbocycles. The number of benzene rings is 1. The van der Waals surface area contributed by atoms with Crippen LogP contribution in [0.3, 0.4) is 0 Å². The van der Waals surface area contributed by atoms with Gasteiger partial charge in [-0.3, -0.25) is 9.59 Å². The van der Waals surface area contributed by atoms with E-state index in [2.05, 4.69) is 15.0 Å². The first-order chi connectivity index (χ1) is 14.9. The second-order valence-electron chi connectivity index (χ2n) is 7.23. The number of carbonyl (C=O) groups excluding carboxylic acids is 3. The van der Waals surface area contributed by atoms with Crippen LogP contribution in [0.1, 0.15) is 36.9 Å². The summed E-state index contributed by atoms with van der Waals surface area (Å²) in [6, 6.07) is 10.8. The quantitative estimate of drug-likeness (QED) is 0.484. The van der Waals surface area contributed by atoms with Gasteiger partial charge in [-0.25, -0.2) is 14.8 Å². The van der Waals surface area contributed by atoms with Gasteiger partial charge in [-0.05, 0) is 30.7 Å². The molecule has 0 atom stereocenters. The number of carbonyl (C=O) groups is 3. The summed E-state index contributed by atoms with van der Waals surface area (Å²) < 4.78 is 4.93. The van der Waals surface area contributed by atoms with E-state index in [-0.39, 0.29) is 28.4 Å². The molecule has 0 spiro atoms. The Morgan fingerprint density at radius 3 is 2.61 bits per heavy atom. The fourth-order valence-corrected chi connectivity index (χ4v) is 3.94. The number of Topliss-reactive ketones (excluding diaryl/α,β-unsaturated/α-hetero) is 1. The number of hydrogen-bond donors (Lipinski definition) is 2. The number of para-hydroxylation sites is 1. The predicted octanol–water partition coefficient (Wildman–Crippen LogP) is 3.09. The molecule has 5 rings (SSSR count). The number of H-pyrrole nitrogens is 1. The van der Waals surface area contributed by atoms with Crippen molar-refractivity contribution in [3.8, 4) is 11.4 Å². The maximum absolute atomic E-state index is 12.5. The molecule has 0 amide bonds. The summed E-state index contributed by atoms with van der Waals surface area (Å²) in [5.41, 5.74) is 8.71. The maximum Gasteiger partial charge on any atom is 0.356 e. The van der Waals surface area contributed by atoms with E-state index in [4.69, 9.17) is 10.5 Å². The van der Waals surface area contributed by atoms with E-state index in [1.807, 2.05) is 24.3 Å². The van der Waals surface area contributed by atoms with Gasteiger partial charge < -0.3 is 15.5 Å². The zero-order valence-corrected chi connectivity index (χ0v) is 16.6. The number of methoxy groups -OCH3 is 1. The molecule has 0 bridgehead atoms. The summed E-state index contributed by atoms with van der Waals surface area (Å²) in [5.74, 6) is -1.49. The highest BCUT2D eigenvalue weighted by atomic mass is 16.5. The van der Waals surface area contributed by atoms with Crippen molar-refractivity contribution >= 4 is 39.3 Å². The van der Waals surface area contributed by atoms with E-state index in [1.54, 1.807) is 13.0 Å². The Morgan fingerprint density at radius 1 is 1.06 bits per heavy atom. The molecule has 0 saturated heterocycles. The van der Waals surface area contributed by atoms with Crippen LogP contribution >= 0.6 is 0 Å². The Labute approximate surface area is 175 Å². The number of ketones is 2. The van der Waals surface area contributed by atoms with Crippen LogP contribution in [0.15, 0.2) is 48.2 Å². The fourth-order valence-electron chi connectivity index (χ4n) is 3.94. The van der Waals surface area contributed by atoms with Gasteiger partial charge in [0.15, 0.2) is 11.5 Å². The van der Waals surface area contributed by atoms with Gasteiger partial charge in [0.1, 0.15) is 11.4 Å². The standard InChI is InChI=1S/C23H16N4O4/c1-10-17-11-5-3-4-6-14(11)25-21(17)20(27-18(10)23(30)31-2)15-8-7-12-16(28)9-13(24)22(29)19(12)26-15/h3-9,25H,24H2,1-2H3. The highest BCUT2D eigenvalue weighted by molar-refractivity contribution is 6.23. The number of esters is 1. The molecule has 8 heteroatoms. The molecule has 0 unspecified atom stereocenters. The second kappa shape index (κ2) is 6.60. The number of pyridine rings is 2. The Kier molecular flexibility index (Phi) is 3.97. The van der Waals surface area contributed by atoms with Crippen LogP contribution in [0, 0.1) is 6.92 Å². The molecule has 4 aromatic rings. The number of allylic oxidation sites excluding steroid dienone is 2. The van der Waals surface area contributed by atoms with Gasteiger partial charge in [-0.2, -0.15) is 0 Å². The first kappa shape index (κ1) is 18.7. The summed E-state index contributed by atoms with van der Waals surface area (Å²) in [6.07, 6.45) is 1.10. The summed E-state index contributed by atoms with van der Waals surface area (Å²) in [7, 11) is 1.29. The van der Waals surface area contributed by atoms with E-state index in [9.17, 15) is 14.4 Å². The molecule has 3 aromatic heterocycles. The zero-order valence-electron chi connectivity index (χ0n) is 16.6. The second-order valence-corrected chi connectivity index (χ2v) is 7.23. The van der Waals surface area contributed by atoms with Crippen LogP contribution in [0.5, 0.6) is 0 Å². The highest BCUT2D eigenvalue weighted by Crippen LogP contribution is 2.35. The van der Waals surface area contributed by atoms with Crippen molar-refractivity contribution in [1.29, 1.82) is 0 Å². The minimum Gasteiger partial charge on any atom is -0.464 e. The normalized spacial score (nSPS) is 13.4. The SMILES string of the molecule is COC(=O)c1nc(-c2ccc3c(n2)C(=O)C(N)=CC3=O)c2[nH]c3ccccc3c2c1C. The smallest absolute Gasteiger partial charge is 0.356 e. The lowest BCUT2D eigenvalue weighted by atomic mass is 9.96. The molecule has 0 saturated carbocycles. The van der Waals surface area contributed by atoms with Gasteiger partial charge in [-0.15, -0.1) is 0 Å². The van der Waals surface area contributed by atoms with Crippen LogP contribution in [0.4, 0.5) is 0 Å². The van der Waals surface area contributed by atoms with Gasteiger partial charge >= 0.3 is 5.97 Å². The molecule has 1 aromatic carbocycles. The number of fused-ring (bicyclic) bond motifs is 4. The van der Waals surface area contributed by atoms with Gasteiger partial charge in [0.05, 0.1) is 29.6 Å².